The van der Waals surface area contributed by atoms with Crippen molar-refractivity contribution in [3.05, 3.63) is 0 Å². The molecule has 0 saturated carbocycles. The van der Waals surface area contributed by atoms with Crippen molar-refractivity contribution in [2.75, 3.05) is 231 Å². The van der Waals surface area contributed by atoms with Crippen LogP contribution in [-0.2, 0) is 104 Å². The second-order valence-corrected chi connectivity index (χ2v) is 20.8. The van der Waals surface area contributed by atoms with Gasteiger partial charge in [-0.1, -0.05) is 18.9 Å². The predicted octanol–water partition coefficient (Wildman–Crippen LogP) is 3.48. The van der Waals surface area contributed by atoms with E-state index in [2.05, 4.69) is 17.6 Å². The molecule has 0 saturated heterocycles. The Balaban J connectivity index is 3.71. The second-order valence-electron chi connectivity index (χ2n) is 20.8. The molecule has 0 bridgehead atoms. The molecule has 28 nitrogen and oxygen atoms in total. The zero-order valence-corrected chi connectivity index (χ0v) is 53.5. The number of hydrogen-bond acceptors (Lipinski definition) is 25. The molecule has 0 aliphatic rings. The lowest BCUT2D eigenvalue weighted by atomic mass is 9.93. The average molecular weight is 1250 g/mol. The monoisotopic (exact) mass is 1250 g/mol. The minimum Gasteiger partial charge on any atom is -0.442 e. The van der Waals surface area contributed by atoms with Crippen molar-refractivity contribution < 1.29 is 114 Å². The van der Waals surface area contributed by atoms with E-state index >= 15 is 0 Å². The summed E-state index contributed by atoms with van der Waals surface area (Å²) >= 11 is 0. The van der Waals surface area contributed by atoms with Crippen LogP contribution < -0.4 is 16.4 Å². The number of nitrogens with two attached hydrogens (primary N) is 1. The van der Waals surface area contributed by atoms with E-state index in [9.17, 15) is 24.0 Å². The lowest BCUT2D eigenvalue weighted by Crippen LogP contribution is -2.44. The first-order chi connectivity index (χ1) is 41.5. The minimum absolute atomic E-state index is 0.00889. The normalized spacial score (nSPS) is 12.5. The van der Waals surface area contributed by atoms with Gasteiger partial charge in [-0.3, -0.25) is 19.2 Å². The van der Waals surface area contributed by atoms with Gasteiger partial charge in [-0.15, -0.1) is 0 Å². The first kappa shape index (κ1) is 82.6. The highest BCUT2D eigenvalue weighted by Crippen LogP contribution is 2.16. The van der Waals surface area contributed by atoms with Crippen LogP contribution in [0.15, 0.2) is 0 Å². The van der Waals surface area contributed by atoms with Crippen LogP contribution in [0.4, 0.5) is 9.59 Å². The zero-order chi connectivity index (χ0) is 63.5. The molecule has 508 valence electrons. The number of nitrogens with zero attached hydrogens (tertiary/aromatic N) is 1. The van der Waals surface area contributed by atoms with E-state index in [1.807, 2.05) is 6.92 Å². The Morgan fingerprint density at radius 2 is 0.733 bits per heavy atom. The molecule has 0 aliphatic carbocycles. The third-order valence-corrected chi connectivity index (χ3v) is 10.9. The van der Waals surface area contributed by atoms with E-state index in [1.165, 1.54) is 0 Å². The van der Waals surface area contributed by atoms with Crippen molar-refractivity contribution >= 4 is 29.8 Å². The van der Waals surface area contributed by atoms with Gasteiger partial charge in [-0.05, 0) is 80.2 Å². The van der Waals surface area contributed by atoms with Gasteiger partial charge in [0.15, 0.2) is 5.78 Å². The molecule has 4 amide bonds. The highest BCUT2D eigenvalue weighted by molar-refractivity contribution is 5.92. The molecular weight excluding hydrogens is 1140 g/mol. The summed E-state index contributed by atoms with van der Waals surface area (Å²) in [4.78, 5) is 69.1. The van der Waals surface area contributed by atoms with Crippen LogP contribution in [0.3, 0.4) is 0 Å². The first-order valence-corrected chi connectivity index (χ1v) is 30.5. The van der Waals surface area contributed by atoms with Gasteiger partial charge in [-0.2, -0.15) is 0 Å². The third kappa shape index (κ3) is 57.1. The summed E-state index contributed by atoms with van der Waals surface area (Å²) in [6.07, 6.45) is 1.23. The van der Waals surface area contributed by atoms with Crippen LogP contribution >= 0.6 is 0 Å². The van der Waals surface area contributed by atoms with E-state index in [-0.39, 0.29) is 70.9 Å². The highest BCUT2D eigenvalue weighted by atomic mass is 16.8. The molecule has 0 aromatic carbocycles. The Morgan fingerprint density at radius 3 is 1.05 bits per heavy atom. The predicted molar refractivity (Wildman–Crippen MR) is 315 cm³/mol. The van der Waals surface area contributed by atoms with Gasteiger partial charge in [0, 0.05) is 25.5 Å². The van der Waals surface area contributed by atoms with Gasteiger partial charge in [0.2, 0.25) is 11.8 Å². The fourth-order valence-corrected chi connectivity index (χ4v) is 6.70. The minimum atomic E-state index is -0.982. The summed E-state index contributed by atoms with van der Waals surface area (Å²) in [7, 11) is 0. The number of unbranched alkanes of at least 4 members (excludes halogenated alkanes) is 1. The van der Waals surface area contributed by atoms with Gasteiger partial charge in [0.25, 0.3) is 0 Å². The average Bonchev–Trinajstić information content (AvgIpc) is 3.59. The van der Waals surface area contributed by atoms with Crippen molar-refractivity contribution in [3.63, 3.8) is 0 Å². The quantitative estimate of drug-likeness (QED) is 0.0580. The van der Waals surface area contributed by atoms with E-state index in [1.54, 1.807) is 41.5 Å². The Bertz CT molecular complexity index is 1570. The molecule has 0 radical (unpaired) electrons. The summed E-state index contributed by atoms with van der Waals surface area (Å²) in [5, 5.41) is 6.08. The van der Waals surface area contributed by atoms with E-state index in [4.69, 9.17) is 95.8 Å². The topological polar surface area (TPSA) is 314 Å². The maximum atomic E-state index is 13.3. The number of carbonyl (C=O) groups is 5. The molecule has 0 aromatic rings. The maximum absolute atomic E-state index is 13.3. The van der Waals surface area contributed by atoms with Crippen LogP contribution in [0.2, 0.25) is 0 Å². The Morgan fingerprint density at radius 1 is 0.419 bits per heavy atom. The van der Waals surface area contributed by atoms with Gasteiger partial charge in [0.05, 0.1) is 211 Å². The number of ether oxygens (including phenoxy) is 18. The Kier molecular flexibility index (Phi) is 56.9. The van der Waals surface area contributed by atoms with E-state index < -0.39 is 41.3 Å². The van der Waals surface area contributed by atoms with Crippen molar-refractivity contribution in [3.8, 4) is 0 Å². The number of hydroxylamine groups is 2. The summed E-state index contributed by atoms with van der Waals surface area (Å²) in [6, 6.07) is -0.750. The molecule has 0 aromatic heterocycles. The first-order valence-electron chi connectivity index (χ1n) is 30.5. The summed E-state index contributed by atoms with van der Waals surface area (Å²) in [6.45, 7) is 26.9. The van der Waals surface area contributed by atoms with Crippen LogP contribution in [-0.4, -0.2) is 283 Å². The Hall–Kier alpha value is -3.37. The smallest absolute Gasteiger partial charge is 0.442 e. The summed E-state index contributed by atoms with van der Waals surface area (Å²) < 4.78 is 98.3. The number of hydrogen-bond donors (Lipinski definition) is 3. The van der Waals surface area contributed by atoms with Crippen LogP contribution in [0.5, 0.6) is 0 Å². The standard InChI is InChI=1S/C58H112N4O24/c1-9-16-68-18-20-70-22-24-79-40-41-81-44-45-83-49-53(64)61-51(13-11-12-14-59)52(63)48-50(10-2)54(65)60-15-17-69-19-21-71-23-25-72-26-27-73-28-29-74-30-31-75-32-33-76-34-35-77-36-37-78-38-39-80-42-43-82-46-47-84-62(55(66)85-57(3,4)5)56(67)86-58(6,7)8/h50-51H,9-49,59H2,1-8H3,(H,60,65)(H,61,64)/t50-,51+/m1/s1. The van der Waals surface area contributed by atoms with E-state index in [0.717, 1.165) is 13.0 Å². The lowest BCUT2D eigenvalue weighted by Gasteiger charge is -2.27. The van der Waals surface area contributed by atoms with Crippen molar-refractivity contribution in [1.82, 2.24) is 15.7 Å². The SMILES string of the molecule is CCCOCCOCCOCCOCCOCC(=O)N[C@@H](CCCCN)C(=O)C[C@@H](CC)C(=O)NCCOCCOCCOCCOCCOCCOCCOCCOCCOCCOCCOCCON(C(=O)OC(C)(C)C)C(=O)OC(C)(C)C. The summed E-state index contributed by atoms with van der Waals surface area (Å²) in [5.41, 5.74) is 4.00. The number of amides is 4. The van der Waals surface area contributed by atoms with Crippen molar-refractivity contribution in [2.24, 2.45) is 11.7 Å². The van der Waals surface area contributed by atoms with Gasteiger partial charge in [-0.25, -0.2) is 9.59 Å². The molecule has 0 spiro atoms. The largest absolute Gasteiger partial charge is 0.444 e. The van der Waals surface area contributed by atoms with Crippen LogP contribution in [0.25, 0.3) is 0 Å². The number of Topliss-reactive ketones (excluding diaryl/α,β-unsaturated/α-hetero) is 1. The van der Waals surface area contributed by atoms with Crippen LogP contribution in [0.1, 0.15) is 93.9 Å². The molecule has 2 atom stereocenters. The Labute approximate surface area is 512 Å². The molecule has 0 fully saturated rings. The lowest BCUT2D eigenvalue weighted by molar-refractivity contribution is -0.148. The van der Waals surface area contributed by atoms with Gasteiger partial charge in [0.1, 0.15) is 17.8 Å². The zero-order valence-electron chi connectivity index (χ0n) is 53.5. The molecule has 0 rings (SSSR count). The number of carbonyl (C=O) groups excluding carboxylic acids is 5. The molecule has 4 N–H and O–H groups in total. The molecular formula is C58H112N4O24. The van der Waals surface area contributed by atoms with Crippen LogP contribution in [0, 0.1) is 5.92 Å². The van der Waals surface area contributed by atoms with Crippen molar-refractivity contribution in [2.45, 2.75) is 111 Å². The maximum Gasteiger partial charge on any atom is 0.444 e. The van der Waals surface area contributed by atoms with Crippen molar-refractivity contribution in [1.29, 1.82) is 0 Å². The van der Waals surface area contributed by atoms with Gasteiger partial charge < -0.3 is 102 Å². The molecule has 0 heterocycles. The summed E-state index contributed by atoms with van der Waals surface area (Å²) in [5.74, 6) is -1.43. The fraction of sp³-hybridized carbons (Fsp3) is 0.914. The number of nitrogens with one attached hydrogen (secondary N) is 2. The molecule has 0 aliphatic heterocycles. The molecule has 86 heavy (non-hydrogen) atoms. The second kappa shape index (κ2) is 59.3. The number of imide groups is 1. The van der Waals surface area contributed by atoms with E-state index in [0.29, 0.717) is 202 Å². The number of ketones is 1. The number of rotatable bonds is 63. The molecule has 0 unspecified atom stereocenters. The highest BCUT2D eigenvalue weighted by Gasteiger charge is 2.33. The molecule has 28 heteroatoms. The van der Waals surface area contributed by atoms with Gasteiger partial charge >= 0.3 is 12.2 Å². The fourth-order valence-electron chi connectivity index (χ4n) is 6.70. The third-order valence-electron chi connectivity index (χ3n) is 10.9.